The smallest absolute Gasteiger partial charge is 0.161 e. The molecule has 0 radical (unpaired) electrons. The largest absolute Gasteiger partial charge is 0.504 e. The second-order valence-electron chi connectivity index (χ2n) is 3.20. The molecule has 0 amide bonds. The van der Waals surface area contributed by atoms with Gasteiger partial charge in [-0.2, -0.15) is 0 Å². The number of alkyl halides is 1. The average Bonchev–Trinajstić information content (AvgIpc) is 2.99. The van der Waals surface area contributed by atoms with Crippen molar-refractivity contribution >= 4 is 0 Å². The topological polar surface area (TPSA) is 42.0 Å². The van der Waals surface area contributed by atoms with E-state index in [2.05, 4.69) is 0 Å². The van der Waals surface area contributed by atoms with Crippen LogP contribution in [0.25, 0.3) is 0 Å². The Bertz CT molecular complexity index is 323. The third-order valence-electron chi connectivity index (χ3n) is 2.00. The Hall–Kier alpha value is -1.29. The summed E-state index contributed by atoms with van der Waals surface area (Å²) in [5.74, 6) is 0.346. The zero-order chi connectivity index (χ0) is 9.97. The van der Waals surface area contributed by atoms with Crippen LogP contribution in [0.5, 0.6) is 11.5 Å². The van der Waals surface area contributed by atoms with Crippen molar-refractivity contribution in [2.75, 3.05) is 13.2 Å². The van der Waals surface area contributed by atoms with Crippen molar-refractivity contribution in [2.45, 2.75) is 12.8 Å². The quantitative estimate of drug-likeness (QED) is 0.748. The summed E-state index contributed by atoms with van der Waals surface area (Å²) in [5, 5.41) is 9.42. The summed E-state index contributed by atoms with van der Waals surface area (Å²) in [6.07, 6.45) is 0.148. The highest BCUT2D eigenvalue weighted by molar-refractivity contribution is 5.41. The van der Waals surface area contributed by atoms with Gasteiger partial charge in [-0.05, 0) is 17.7 Å². The van der Waals surface area contributed by atoms with Gasteiger partial charge in [0, 0.05) is 0 Å². The number of ether oxygens (including phenoxy) is 2. The molecule has 1 aliphatic rings. The van der Waals surface area contributed by atoms with E-state index in [1.165, 1.54) is 6.07 Å². The van der Waals surface area contributed by atoms with Gasteiger partial charge in [-0.15, -0.1) is 0 Å². The minimum absolute atomic E-state index is 0.0270. The molecule has 1 fully saturated rings. The molecule has 1 N–H and O–H groups in total. The molecular formula is C10H11FO3. The van der Waals surface area contributed by atoms with Crippen LogP contribution in [0.1, 0.15) is 5.56 Å². The normalized spacial score (nSPS) is 19.4. The van der Waals surface area contributed by atoms with Gasteiger partial charge in [0.15, 0.2) is 11.5 Å². The first-order chi connectivity index (χ1) is 6.79. The highest BCUT2D eigenvalue weighted by Crippen LogP contribution is 2.27. The average molecular weight is 198 g/mol. The van der Waals surface area contributed by atoms with Crippen LogP contribution in [0.4, 0.5) is 4.39 Å². The number of hydrogen-bond donors (Lipinski definition) is 1. The number of halogens is 1. The SMILES string of the molecule is Oc1cc(CF)ccc1OC[C@@H]1CO1. The monoisotopic (exact) mass is 198 g/mol. The van der Waals surface area contributed by atoms with E-state index in [0.29, 0.717) is 24.5 Å². The van der Waals surface area contributed by atoms with Gasteiger partial charge < -0.3 is 14.6 Å². The zero-order valence-corrected chi connectivity index (χ0v) is 7.57. The van der Waals surface area contributed by atoms with Crippen LogP contribution in [0.15, 0.2) is 18.2 Å². The molecule has 14 heavy (non-hydrogen) atoms. The van der Waals surface area contributed by atoms with E-state index in [1.54, 1.807) is 12.1 Å². The first-order valence-electron chi connectivity index (χ1n) is 4.42. The third kappa shape index (κ3) is 2.14. The molecule has 0 bridgehead atoms. The van der Waals surface area contributed by atoms with Crippen LogP contribution in [-0.4, -0.2) is 24.4 Å². The van der Waals surface area contributed by atoms with Gasteiger partial charge in [0.25, 0.3) is 0 Å². The molecule has 3 nitrogen and oxygen atoms in total. The molecule has 2 rings (SSSR count). The molecule has 1 aromatic rings. The lowest BCUT2D eigenvalue weighted by Crippen LogP contribution is -2.04. The van der Waals surface area contributed by atoms with Crippen molar-refractivity contribution in [1.29, 1.82) is 0 Å². The van der Waals surface area contributed by atoms with Crippen LogP contribution in [0.2, 0.25) is 0 Å². The maximum atomic E-state index is 12.2. The van der Waals surface area contributed by atoms with Gasteiger partial charge in [0.2, 0.25) is 0 Å². The fraction of sp³-hybridized carbons (Fsp3) is 0.400. The number of phenols is 1. The van der Waals surface area contributed by atoms with Crippen molar-refractivity contribution in [3.63, 3.8) is 0 Å². The molecule has 0 aliphatic carbocycles. The fourth-order valence-corrected chi connectivity index (χ4v) is 1.12. The van der Waals surface area contributed by atoms with Crippen LogP contribution in [0, 0.1) is 0 Å². The molecule has 76 valence electrons. The Morgan fingerprint density at radius 2 is 2.36 bits per heavy atom. The number of epoxide rings is 1. The second kappa shape index (κ2) is 3.84. The summed E-state index contributed by atoms with van der Waals surface area (Å²) >= 11 is 0. The van der Waals surface area contributed by atoms with Gasteiger partial charge >= 0.3 is 0 Å². The lowest BCUT2D eigenvalue weighted by molar-refractivity contribution is 0.254. The molecule has 1 atom stereocenters. The van der Waals surface area contributed by atoms with Gasteiger partial charge in [0.05, 0.1) is 6.61 Å². The van der Waals surface area contributed by atoms with Gasteiger partial charge in [0.1, 0.15) is 19.4 Å². The minimum atomic E-state index is -0.584. The van der Waals surface area contributed by atoms with Crippen LogP contribution in [-0.2, 0) is 11.4 Å². The first-order valence-corrected chi connectivity index (χ1v) is 4.42. The zero-order valence-electron chi connectivity index (χ0n) is 7.57. The van der Waals surface area contributed by atoms with Gasteiger partial charge in [-0.3, -0.25) is 0 Å². The van der Waals surface area contributed by atoms with Gasteiger partial charge in [-0.1, -0.05) is 6.07 Å². The summed E-state index contributed by atoms with van der Waals surface area (Å²) < 4.78 is 22.4. The summed E-state index contributed by atoms with van der Waals surface area (Å²) in [4.78, 5) is 0. The standard InChI is InChI=1S/C10H11FO3/c11-4-7-1-2-10(9(12)3-7)14-6-8-5-13-8/h1-3,8,12H,4-6H2/t8-/m0/s1. The lowest BCUT2D eigenvalue weighted by Gasteiger charge is -2.06. The Morgan fingerprint density at radius 1 is 1.57 bits per heavy atom. The fourth-order valence-electron chi connectivity index (χ4n) is 1.12. The molecule has 1 heterocycles. The highest BCUT2D eigenvalue weighted by Gasteiger charge is 2.23. The van der Waals surface area contributed by atoms with E-state index in [-0.39, 0.29) is 11.9 Å². The van der Waals surface area contributed by atoms with E-state index in [1.807, 2.05) is 0 Å². The summed E-state index contributed by atoms with van der Waals surface area (Å²) in [5.41, 5.74) is 0.442. The van der Waals surface area contributed by atoms with Crippen LogP contribution < -0.4 is 4.74 Å². The highest BCUT2D eigenvalue weighted by atomic mass is 19.1. The summed E-state index contributed by atoms with van der Waals surface area (Å²) in [6, 6.07) is 4.51. The predicted octanol–water partition coefficient (Wildman–Crippen LogP) is 1.64. The van der Waals surface area contributed by atoms with Gasteiger partial charge in [-0.25, -0.2) is 4.39 Å². The van der Waals surface area contributed by atoms with E-state index in [9.17, 15) is 9.50 Å². The molecule has 4 heteroatoms. The Labute approximate surface area is 81.1 Å². The molecule has 0 saturated carbocycles. The number of hydrogen-bond acceptors (Lipinski definition) is 3. The van der Waals surface area contributed by atoms with E-state index in [4.69, 9.17) is 9.47 Å². The molecule has 1 saturated heterocycles. The number of benzene rings is 1. The van der Waals surface area contributed by atoms with E-state index >= 15 is 0 Å². The maximum absolute atomic E-state index is 12.2. The predicted molar refractivity (Wildman–Crippen MR) is 48.2 cm³/mol. The van der Waals surface area contributed by atoms with Crippen LogP contribution >= 0.6 is 0 Å². The lowest BCUT2D eigenvalue weighted by atomic mass is 10.2. The van der Waals surface area contributed by atoms with E-state index in [0.717, 1.165) is 0 Å². The van der Waals surface area contributed by atoms with Crippen molar-refractivity contribution in [3.05, 3.63) is 23.8 Å². The third-order valence-corrected chi connectivity index (χ3v) is 2.00. The summed E-state index contributed by atoms with van der Waals surface area (Å²) in [7, 11) is 0. The molecule has 0 aromatic heterocycles. The second-order valence-corrected chi connectivity index (χ2v) is 3.20. The van der Waals surface area contributed by atoms with Crippen LogP contribution in [0.3, 0.4) is 0 Å². The van der Waals surface area contributed by atoms with Crippen molar-refractivity contribution in [1.82, 2.24) is 0 Å². The Kier molecular flexibility index (Phi) is 2.54. The van der Waals surface area contributed by atoms with Crippen molar-refractivity contribution < 1.29 is 19.0 Å². The minimum Gasteiger partial charge on any atom is -0.504 e. The number of aromatic hydroxyl groups is 1. The molecule has 0 unspecified atom stereocenters. The molecule has 1 aromatic carbocycles. The summed E-state index contributed by atoms with van der Waals surface area (Å²) in [6.45, 7) is 0.561. The number of phenolic OH excluding ortho intramolecular Hbond substituents is 1. The van der Waals surface area contributed by atoms with E-state index < -0.39 is 6.67 Å². The maximum Gasteiger partial charge on any atom is 0.161 e. The molecular weight excluding hydrogens is 187 g/mol. The van der Waals surface area contributed by atoms with Crippen molar-refractivity contribution in [2.24, 2.45) is 0 Å². The molecule has 1 aliphatic heterocycles. The Morgan fingerprint density at radius 3 is 2.93 bits per heavy atom. The first kappa shape index (κ1) is 9.27. The Balaban J connectivity index is 2.01. The molecule has 0 spiro atoms. The number of rotatable bonds is 4. The van der Waals surface area contributed by atoms with Crippen molar-refractivity contribution in [3.8, 4) is 11.5 Å².